The molecule has 15 heavy (non-hydrogen) atoms. The van der Waals surface area contributed by atoms with E-state index < -0.39 is 23.2 Å². The van der Waals surface area contributed by atoms with Crippen LogP contribution >= 0.6 is 0 Å². The molecular formula is C9H14F6. The lowest BCUT2D eigenvalue weighted by atomic mass is 9.75. The van der Waals surface area contributed by atoms with E-state index in [4.69, 9.17) is 0 Å². The van der Waals surface area contributed by atoms with E-state index in [1.807, 2.05) is 0 Å². The summed E-state index contributed by atoms with van der Waals surface area (Å²) in [5.74, 6) is -4.47. The summed E-state index contributed by atoms with van der Waals surface area (Å²) in [4.78, 5) is 0. The Bertz CT molecular complexity index is 225. The first kappa shape index (κ1) is 14.6. The quantitative estimate of drug-likeness (QED) is 0.639. The van der Waals surface area contributed by atoms with Gasteiger partial charge in [-0.15, -0.1) is 0 Å². The maximum Gasteiger partial charge on any atom is 0.428 e. The molecule has 0 aromatic carbocycles. The minimum Gasteiger partial charge on any atom is -0.227 e. The largest absolute Gasteiger partial charge is 0.428 e. The highest BCUT2D eigenvalue weighted by Gasteiger charge is 2.72. The van der Waals surface area contributed by atoms with Gasteiger partial charge in [0.1, 0.15) is 0 Å². The van der Waals surface area contributed by atoms with Crippen molar-refractivity contribution in [2.75, 3.05) is 0 Å². The second kappa shape index (κ2) is 3.56. The van der Waals surface area contributed by atoms with Gasteiger partial charge < -0.3 is 0 Å². The van der Waals surface area contributed by atoms with Gasteiger partial charge in [-0.05, 0) is 13.3 Å². The molecule has 0 bridgehead atoms. The van der Waals surface area contributed by atoms with Gasteiger partial charge in [-0.2, -0.15) is 13.2 Å². The van der Waals surface area contributed by atoms with Crippen molar-refractivity contribution >= 4 is 0 Å². The molecule has 0 aliphatic carbocycles. The number of hydrogen-bond donors (Lipinski definition) is 0. The zero-order valence-electron chi connectivity index (χ0n) is 8.97. The molecule has 6 heteroatoms. The van der Waals surface area contributed by atoms with Gasteiger partial charge in [0.15, 0.2) is 0 Å². The Balaban J connectivity index is 5.38. The van der Waals surface area contributed by atoms with Crippen molar-refractivity contribution in [1.29, 1.82) is 0 Å². The molecule has 0 aliphatic rings. The van der Waals surface area contributed by atoms with E-state index in [2.05, 4.69) is 0 Å². The van der Waals surface area contributed by atoms with Crippen molar-refractivity contribution in [3.63, 3.8) is 0 Å². The molecule has 0 aromatic heterocycles. The third kappa shape index (κ3) is 2.08. The van der Waals surface area contributed by atoms with Crippen LogP contribution in [0.2, 0.25) is 0 Å². The molecule has 92 valence electrons. The first-order valence-electron chi connectivity index (χ1n) is 4.44. The Labute approximate surface area is 84.7 Å². The average molecular weight is 236 g/mol. The van der Waals surface area contributed by atoms with Crippen LogP contribution in [-0.4, -0.2) is 17.8 Å². The summed E-state index contributed by atoms with van der Waals surface area (Å²) in [5, 5.41) is 0. The van der Waals surface area contributed by atoms with Crippen LogP contribution in [0.5, 0.6) is 0 Å². The first-order valence-corrected chi connectivity index (χ1v) is 4.44. The highest BCUT2D eigenvalue weighted by atomic mass is 19.4. The van der Waals surface area contributed by atoms with Crippen LogP contribution in [0.1, 0.15) is 34.1 Å². The van der Waals surface area contributed by atoms with E-state index in [9.17, 15) is 26.3 Å². The van der Waals surface area contributed by atoms with E-state index >= 15 is 0 Å². The van der Waals surface area contributed by atoms with Crippen LogP contribution in [0.25, 0.3) is 0 Å². The van der Waals surface area contributed by atoms with Crippen molar-refractivity contribution in [2.24, 2.45) is 5.41 Å². The standard InChI is InChI=1S/C9H14F6/c1-5-6(2,3)8(11,12)7(4,10)9(13,14)15/h5H2,1-4H3. The zero-order valence-corrected chi connectivity index (χ0v) is 8.97. The third-order valence-electron chi connectivity index (χ3n) is 2.86. The highest BCUT2D eigenvalue weighted by molar-refractivity contribution is 5.03. The molecule has 0 amide bonds. The average Bonchev–Trinajstić information content (AvgIpc) is 2.01. The van der Waals surface area contributed by atoms with Gasteiger partial charge in [0.25, 0.3) is 11.6 Å². The van der Waals surface area contributed by atoms with Crippen LogP contribution < -0.4 is 0 Å². The summed E-state index contributed by atoms with van der Waals surface area (Å²) in [6, 6.07) is 0. The molecule has 1 atom stereocenters. The smallest absolute Gasteiger partial charge is 0.227 e. The third-order valence-corrected chi connectivity index (χ3v) is 2.86. The van der Waals surface area contributed by atoms with E-state index in [1.165, 1.54) is 6.92 Å². The summed E-state index contributed by atoms with van der Waals surface area (Å²) >= 11 is 0. The monoisotopic (exact) mass is 236 g/mol. The molecule has 0 saturated carbocycles. The maximum atomic E-state index is 13.4. The van der Waals surface area contributed by atoms with E-state index in [-0.39, 0.29) is 13.3 Å². The first-order chi connectivity index (χ1) is 6.31. The van der Waals surface area contributed by atoms with Gasteiger partial charge in [0.2, 0.25) is 0 Å². The Morgan fingerprint density at radius 1 is 0.800 bits per heavy atom. The summed E-state index contributed by atoms with van der Waals surface area (Å²) in [5.41, 5.74) is -6.56. The summed E-state index contributed by atoms with van der Waals surface area (Å²) < 4.78 is 76.4. The fourth-order valence-electron chi connectivity index (χ4n) is 1.04. The van der Waals surface area contributed by atoms with Gasteiger partial charge in [-0.25, -0.2) is 13.2 Å². The van der Waals surface area contributed by atoms with Crippen molar-refractivity contribution in [3.05, 3.63) is 0 Å². The number of rotatable bonds is 3. The van der Waals surface area contributed by atoms with E-state index in [1.54, 1.807) is 0 Å². The van der Waals surface area contributed by atoms with Gasteiger partial charge in [0.05, 0.1) is 0 Å². The SMILES string of the molecule is CCC(C)(C)C(F)(F)C(C)(F)C(F)(F)F. The molecule has 0 fully saturated rings. The lowest BCUT2D eigenvalue weighted by Crippen LogP contribution is -2.59. The van der Waals surface area contributed by atoms with Crippen LogP contribution in [0.15, 0.2) is 0 Å². The van der Waals surface area contributed by atoms with Gasteiger partial charge in [0, 0.05) is 5.41 Å². The Morgan fingerprint density at radius 2 is 1.13 bits per heavy atom. The molecular weight excluding hydrogens is 222 g/mol. The molecule has 0 rings (SSSR count). The summed E-state index contributed by atoms with van der Waals surface area (Å²) in [7, 11) is 0. The van der Waals surface area contributed by atoms with E-state index in [0.29, 0.717) is 0 Å². The molecule has 1 unspecified atom stereocenters. The normalized spacial score (nSPS) is 18.8. The molecule has 0 spiro atoms. The number of halogens is 6. The van der Waals surface area contributed by atoms with Crippen molar-refractivity contribution in [2.45, 2.75) is 51.9 Å². The molecule has 0 heterocycles. The summed E-state index contributed by atoms with van der Waals surface area (Å²) in [6.45, 7) is 3.00. The summed E-state index contributed by atoms with van der Waals surface area (Å²) in [6.07, 6.45) is -5.83. The minimum atomic E-state index is -5.58. The predicted molar refractivity (Wildman–Crippen MR) is 44.6 cm³/mol. The van der Waals surface area contributed by atoms with Crippen molar-refractivity contribution in [1.82, 2.24) is 0 Å². The molecule has 0 aromatic rings. The second-order valence-electron chi connectivity index (χ2n) is 4.31. The topological polar surface area (TPSA) is 0 Å². The predicted octanol–water partition coefficient (Wildman–Crippen LogP) is 4.35. The molecule has 0 saturated heterocycles. The Hall–Kier alpha value is -0.420. The van der Waals surface area contributed by atoms with E-state index in [0.717, 1.165) is 13.8 Å². The maximum absolute atomic E-state index is 13.4. The van der Waals surface area contributed by atoms with Gasteiger partial charge in [-0.1, -0.05) is 20.8 Å². The number of alkyl halides is 6. The highest BCUT2D eigenvalue weighted by Crippen LogP contribution is 2.54. The minimum absolute atomic E-state index is 0.121. The van der Waals surface area contributed by atoms with Gasteiger partial charge in [-0.3, -0.25) is 0 Å². The fraction of sp³-hybridized carbons (Fsp3) is 1.00. The number of hydrogen-bond acceptors (Lipinski definition) is 0. The van der Waals surface area contributed by atoms with Crippen LogP contribution in [0.4, 0.5) is 26.3 Å². The van der Waals surface area contributed by atoms with Crippen LogP contribution in [0.3, 0.4) is 0 Å². The van der Waals surface area contributed by atoms with Crippen LogP contribution in [-0.2, 0) is 0 Å². The van der Waals surface area contributed by atoms with Gasteiger partial charge >= 0.3 is 6.18 Å². The molecule has 0 N–H and O–H groups in total. The molecule has 0 nitrogen and oxygen atoms in total. The Kier molecular flexibility index (Phi) is 3.46. The van der Waals surface area contributed by atoms with Crippen LogP contribution in [0, 0.1) is 5.41 Å². The van der Waals surface area contributed by atoms with Crippen molar-refractivity contribution in [3.8, 4) is 0 Å². The Morgan fingerprint density at radius 3 is 1.33 bits per heavy atom. The lowest BCUT2D eigenvalue weighted by Gasteiger charge is -2.41. The lowest BCUT2D eigenvalue weighted by molar-refractivity contribution is -0.321. The second-order valence-corrected chi connectivity index (χ2v) is 4.31. The zero-order chi connectivity index (χ0) is 12.7. The molecule has 0 aliphatic heterocycles. The van der Waals surface area contributed by atoms with Crippen molar-refractivity contribution < 1.29 is 26.3 Å². The molecule has 0 radical (unpaired) electrons. The fourth-order valence-corrected chi connectivity index (χ4v) is 1.04.